The monoisotopic (exact) mass is 451 g/mol. The molecule has 0 aliphatic carbocycles. The summed E-state index contributed by atoms with van der Waals surface area (Å²) >= 11 is 7.32. The van der Waals surface area contributed by atoms with Crippen LogP contribution in [0.15, 0.2) is 81.5 Å². The van der Waals surface area contributed by atoms with Crippen molar-refractivity contribution in [2.75, 3.05) is 7.11 Å². The molecule has 0 aliphatic rings. The van der Waals surface area contributed by atoms with Crippen molar-refractivity contribution in [3.05, 3.63) is 88.4 Å². The number of carbonyl (C=O) groups is 1. The van der Waals surface area contributed by atoms with E-state index in [1.54, 1.807) is 37.6 Å². The van der Waals surface area contributed by atoms with Crippen LogP contribution in [-0.2, 0) is 5.75 Å². The molecule has 0 fully saturated rings. The lowest BCUT2D eigenvalue weighted by Gasteiger charge is -2.08. The number of hydrogen-bond acceptors (Lipinski definition) is 6. The molecule has 0 saturated carbocycles. The molecule has 0 atom stereocenters. The number of fused-ring (bicyclic) bond motifs is 1. The molecule has 0 radical (unpaired) electrons. The molecule has 4 rings (SSSR count). The molecule has 3 aromatic carbocycles. The minimum absolute atomic E-state index is 0.312. The number of ether oxygens (including phenoxy) is 1. The van der Waals surface area contributed by atoms with Gasteiger partial charge in [0.05, 0.1) is 13.3 Å². The standard InChI is InChI=1S/C23H18ClN3O3S/c1-29-20-11-6-15(13-25-27-22(28)16-7-9-18(24)10-8-16)12-17(20)14-31-23-26-19-4-2-3-5-21(19)30-23/h2-13H,14H2,1H3,(H,27,28)/b25-13-. The number of para-hydroxylation sites is 2. The quantitative estimate of drug-likeness (QED) is 0.226. The van der Waals surface area contributed by atoms with Crippen LogP contribution in [0.4, 0.5) is 0 Å². The lowest BCUT2D eigenvalue weighted by Crippen LogP contribution is -2.17. The van der Waals surface area contributed by atoms with Crippen LogP contribution in [0, 0.1) is 0 Å². The summed E-state index contributed by atoms with van der Waals surface area (Å²) < 4.78 is 11.2. The number of oxazole rings is 1. The lowest BCUT2D eigenvalue weighted by atomic mass is 10.1. The van der Waals surface area contributed by atoms with Gasteiger partial charge < -0.3 is 9.15 Å². The third kappa shape index (κ3) is 5.25. The highest BCUT2D eigenvalue weighted by atomic mass is 35.5. The zero-order chi connectivity index (χ0) is 21.6. The summed E-state index contributed by atoms with van der Waals surface area (Å²) in [4.78, 5) is 16.6. The second-order valence-corrected chi connectivity index (χ2v) is 7.88. The van der Waals surface area contributed by atoms with Crippen molar-refractivity contribution in [1.29, 1.82) is 0 Å². The van der Waals surface area contributed by atoms with Gasteiger partial charge in [0.1, 0.15) is 11.3 Å². The molecule has 31 heavy (non-hydrogen) atoms. The number of methoxy groups -OCH3 is 1. The van der Waals surface area contributed by atoms with Gasteiger partial charge >= 0.3 is 0 Å². The van der Waals surface area contributed by atoms with Crippen molar-refractivity contribution in [2.45, 2.75) is 11.0 Å². The smallest absolute Gasteiger partial charge is 0.271 e. The van der Waals surface area contributed by atoms with Crippen molar-refractivity contribution in [3.63, 3.8) is 0 Å². The number of thioether (sulfide) groups is 1. The maximum absolute atomic E-state index is 12.1. The van der Waals surface area contributed by atoms with Crippen LogP contribution in [-0.4, -0.2) is 24.2 Å². The Morgan fingerprint density at radius 2 is 2.00 bits per heavy atom. The first kappa shape index (κ1) is 21.0. The molecule has 4 aromatic rings. The number of halogens is 1. The minimum atomic E-state index is -0.312. The van der Waals surface area contributed by atoms with Crippen LogP contribution in [0.5, 0.6) is 5.75 Å². The molecule has 156 valence electrons. The second-order valence-electron chi connectivity index (χ2n) is 6.51. The fourth-order valence-electron chi connectivity index (χ4n) is 2.88. The Bertz CT molecular complexity index is 1210. The lowest BCUT2D eigenvalue weighted by molar-refractivity contribution is 0.0955. The normalized spacial score (nSPS) is 11.2. The minimum Gasteiger partial charge on any atom is -0.496 e. The topological polar surface area (TPSA) is 76.7 Å². The van der Waals surface area contributed by atoms with Gasteiger partial charge in [-0.2, -0.15) is 5.10 Å². The number of nitrogens with one attached hydrogen (secondary N) is 1. The predicted molar refractivity (Wildman–Crippen MR) is 123 cm³/mol. The van der Waals surface area contributed by atoms with E-state index in [1.165, 1.54) is 11.8 Å². The van der Waals surface area contributed by atoms with E-state index in [0.29, 0.717) is 21.6 Å². The molecular formula is C23H18ClN3O3S. The number of nitrogens with zero attached hydrogens (tertiary/aromatic N) is 2. The molecule has 0 aliphatic heterocycles. The molecule has 0 unspecified atom stereocenters. The maximum Gasteiger partial charge on any atom is 0.271 e. The number of aromatic nitrogens is 1. The van der Waals surface area contributed by atoms with Crippen LogP contribution in [0.25, 0.3) is 11.1 Å². The first-order valence-corrected chi connectivity index (χ1v) is 10.7. The number of hydrazone groups is 1. The van der Waals surface area contributed by atoms with Gasteiger partial charge in [0.25, 0.3) is 11.1 Å². The first-order chi connectivity index (χ1) is 15.1. The SMILES string of the molecule is COc1ccc(/C=N\NC(=O)c2ccc(Cl)cc2)cc1CSc1nc2ccccc2o1. The second kappa shape index (κ2) is 9.68. The Hall–Kier alpha value is -3.29. The molecule has 1 heterocycles. The van der Waals surface area contributed by atoms with E-state index in [9.17, 15) is 4.79 Å². The molecule has 6 nitrogen and oxygen atoms in total. The van der Waals surface area contributed by atoms with Crippen molar-refractivity contribution < 1.29 is 13.9 Å². The third-order valence-electron chi connectivity index (χ3n) is 4.42. The van der Waals surface area contributed by atoms with Crippen molar-refractivity contribution in [3.8, 4) is 5.75 Å². The Morgan fingerprint density at radius 3 is 2.77 bits per heavy atom. The van der Waals surface area contributed by atoms with Gasteiger partial charge in [-0.05, 0) is 60.2 Å². The maximum atomic E-state index is 12.1. The summed E-state index contributed by atoms with van der Waals surface area (Å²) in [6.07, 6.45) is 1.58. The number of hydrogen-bond donors (Lipinski definition) is 1. The van der Waals surface area contributed by atoms with E-state index in [-0.39, 0.29) is 5.91 Å². The molecule has 8 heteroatoms. The Labute approximate surface area is 188 Å². The van der Waals surface area contributed by atoms with Crippen molar-refractivity contribution in [2.24, 2.45) is 5.10 Å². The van der Waals surface area contributed by atoms with Gasteiger partial charge in [-0.15, -0.1) is 0 Å². The largest absolute Gasteiger partial charge is 0.496 e. The van der Waals surface area contributed by atoms with E-state index in [1.807, 2.05) is 42.5 Å². The molecule has 0 bridgehead atoms. The number of amides is 1. The summed E-state index contributed by atoms with van der Waals surface area (Å²) in [5.41, 5.74) is 6.36. The van der Waals surface area contributed by atoms with E-state index in [0.717, 1.165) is 28.0 Å². The molecule has 1 aromatic heterocycles. The van der Waals surface area contributed by atoms with E-state index in [4.69, 9.17) is 20.8 Å². The van der Waals surface area contributed by atoms with Crippen LogP contribution in [0.1, 0.15) is 21.5 Å². The summed E-state index contributed by atoms with van der Waals surface area (Å²) in [6.45, 7) is 0. The fraction of sp³-hybridized carbons (Fsp3) is 0.0870. The zero-order valence-corrected chi connectivity index (χ0v) is 18.1. The average molecular weight is 452 g/mol. The first-order valence-electron chi connectivity index (χ1n) is 9.36. The summed E-state index contributed by atoms with van der Waals surface area (Å²) in [5.74, 6) is 1.05. The Morgan fingerprint density at radius 1 is 1.19 bits per heavy atom. The van der Waals surface area contributed by atoms with Crippen LogP contribution < -0.4 is 10.2 Å². The average Bonchev–Trinajstić information content (AvgIpc) is 3.21. The van der Waals surface area contributed by atoms with Gasteiger partial charge in [-0.1, -0.05) is 35.5 Å². The number of benzene rings is 3. The third-order valence-corrected chi connectivity index (χ3v) is 5.54. The van der Waals surface area contributed by atoms with Gasteiger partial charge in [0.2, 0.25) is 0 Å². The highest BCUT2D eigenvalue weighted by Gasteiger charge is 2.10. The Kier molecular flexibility index (Phi) is 6.54. The van der Waals surface area contributed by atoms with Crippen LogP contribution in [0.3, 0.4) is 0 Å². The molecule has 1 amide bonds. The highest BCUT2D eigenvalue weighted by Crippen LogP contribution is 2.30. The highest BCUT2D eigenvalue weighted by molar-refractivity contribution is 7.98. The van der Waals surface area contributed by atoms with Crippen LogP contribution in [0.2, 0.25) is 5.02 Å². The van der Waals surface area contributed by atoms with Crippen molar-refractivity contribution >= 4 is 46.6 Å². The van der Waals surface area contributed by atoms with Crippen molar-refractivity contribution in [1.82, 2.24) is 10.4 Å². The van der Waals surface area contributed by atoms with Crippen LogP contribution >= 0.6 is 23.4 Å². The summed E-state index contributed by atoms with van der Waals surface area (Å²) in [6, 6.07) is 19.9. The van der Waals surface area contributed by atoms with Gasteiger partial charge in [-0.3, -0.25) is 4.79 Å². The number of rotatable bonds is 7. The van der Waals surface area contributed by atoms with Gasteiger partial charge in [-0.25, -0.2) is 10.4 Å². The predicted octanol–water partition coefficient (Wildman–Crippen LogP) is 5.55. The van der Waals surface area contributed by atoms with E-state index in [2.05, 4.69) is 15.5 Å². The molecule has 0 saturated heterocycles. The van der Waals surface area contributed by atoms with E-state index < -0.39 is 0 Å². The summed E-state index contributed by atoms with van der Waals surface area (Å²) in [5, 5.41) is 5.21. The fourth-order valence-corrected chi connectivity index (χ4v) is 3.82. The molecular weight excluding hydrogens is 434 g/mol. The van der Waals surface area contributed by atoms with E-state index >= 15 is 0 Å². The van der Waals surface area contributed by atoms with Gasteiger partial charge in [0.15, 0.2) is 5.58 Å². The Balaban J connectivity index is 1.43. The van der Waals surface area contributed by atoms with Gasteiger partial charge in [0, 0.05) is 21.9 Å². The zero-order valence-electron chi connectivity index (χ0n) is 16.5. The molecule has 0 spiro atoms. The summed E-state index contributed by atoms with van der Waals surface area (Å²) in [7, 11) is 1.63. The molecule has 1 N–H and O–H groups in total. The number of carbonyl (C=O) groups excluding carboxylic acids is 1.